The number of aliphatic hydroxyl groups excluding tert-OH is 1. The molecule has 0 spiro atoms. The fraction of sp³-hybridized carbons (Fsp3) is 0.444. The number of aryl methyl sites for hydroxylation is 1. The molecule has 3 aromatic rings. The Morgan fingerprint density at radius 2 is 1.95 bits per heavy atom. The Balaban J connectivity index is 1.49. The fourth-order valence-electron chi connectivity index (χ4n) is 5.87. The number of carbonyl (C=O) groups excluding carboxylic acids is 2. The second-order valence-corrected chi connectivity index (χ2v) is 10.0. The third kappa shape index (κ3) is 5.07. The molecule has 2 aliphatic rings. The van der Waals surface area contributed by atoms with Crippen molar-refractivity contribution in [3.63, 3.8) is 0 Å². The molecule has 1 saturated carbocycles. The summed E-state index contributed by atoms with van der Waals surface area (Å²) in [5, 5.41) is 9.37. The Hall–Kier alpha value is -3.40. The number of hydrogen-bond donors (Lipinski definition) is 2. The molecular formula is C27H29F3N4O3. The van der Waals surface area contributed by atoms with Crippen molar-refractivity contribution in [3.8, 4) is 0 Å². The zero-order valence-electron chi connectivity index (χ0n) is 20.5. The minimum Gasteiger partial charge on any atom is -0.396 e. The van der Waals surface area contributed by atoms with Crippen LogP contribution in [0.2, 0.25) is 0 Å². The van der Waals surface area contributed by atoms with Gasteiger partial charge in [-0.05, 0) is 73.4 Å². The van der Waals surface area contributed by atoms with Crippen LogP contribution in [0.1, 0.15) is 60.0 Å². The maximum Gasteiger partial charge on any atom is 0.416 e. The summed E-state index contributed by atoms with van der Waals surface area (Å²) < 4.78 is 41.1. The highest BCUT2D eigenvalue weighted by molar-refractivity contribution is 5.95. The van der Waals surface area contributed by atoms with Crippen molar-refractivity contribution >= 4 is 22.8 Å². The molecule has 2 aromatic carbocycles. The quantitative estimate of drug-likeness (QED) is 0.534. The first-order valence-electron chi connectivity index (χ1n) is 12.5. The van der Waals surface area contributed by atoms with E-state index in [1.165, 1.54) is 12.1 Å². The predicted octanol–water partition coefficient (Wildman–Crippen LogP) is 4.23. The number of alkyl halides is 3. The number of carbonyl (C=O) groups is 2. The summed E-state index contributed by atoms with van der Waals surface area (Å²) in [6.07, 6.45) is -1.19. The third-order valence-electron chi connectivity index (χ3n) is 7.55. The Kier molecular flexibility index (Phi) is 6.70. The van der Waals surface area contributed by atoms with Gasteiger partial charge in [0.15, 0.2) is 0 Å². The third-order valence-corrected chi connectivity index (χ3v) is 7.55. The Morgan fingerprint density at radius 1 is 1.14 bits per heavy atom. The van der Waals surface area contributed by atoms with Gasteiger partial charge < -0.3 is 19.6 Å². The molecule has 2 heterocycles. The molecule has 2 bridgehead atoms. The first-order chi connectivity index (χ1) is 17.6. The second-order valence-electron chi connectivity index (χ2n) is 10.0. The standard InChI is InChI=1S/C27H29F3N4O3/c1-16(36)34-15-17-10-20(13-22(34)11-17)18-6-7-24-23(14-18)31-26(33(24)8-3-9-35)32-25(37)19-4-2-5-21(12-19)27(28,29)30/h2,4-7,12,14,17,20,22,35H,3,8-11,13,15H2,1H3,(H,31,32,37). The average molecular weight is 515 g/mol. The number of aromatic nitrogens is 2. The van der Waals surface area contributed by atoms with E-state index in [9.17, 15) is 27.9 Å². The van der Waals surface area contributed by atoms with E-state index in [0.29, 0.717) is 24.8 Å². The number of halogens is 3. The van der Waals surface area contributed by atoms with E-state index in [4.69, 9.17) is 0 Å². The second kappa shape index (κ2) is 9.81. The lowest BCUT2D eigenvalue weighted by molar-refractivity contribution is -0.137. The maximum atomic E-state index is 13.1. The zero-order chi connectivity index (χ0) is 26.3. The van der Waals surface area contributed by atoms with Gasteiger partial charge in [0, 0.05) is 38.2 Å². The van der Waals surface area contributed by atoms with E-state index in [1.807, 2.05) is 17.0 Å². The molecule has 3 atom stereocenters. The Labute approximate surface area is 211 Å². The van der Waals surface area contributed by atoms with E-state index in [0.717, 1.165) is 54.5 Å². The van der Waals surface area contributed by atoms with Crippen molar-refractivity contribution < 1.29 is 27.9 Å². The van der Waals surface area contributed by atoms with Crippen molar-refractivity contribution in [2.45, 2.75) is 57.3 Å². The number of nitrogens with zero attached hydrogens (tertiary/aromatic N) is 3. The van der Waals surface area contributed by atoms with Crippen LogP contribution in [0.3, 0.4) is 0 Å². The fourth-order valence-corrected chi connectivity index (χ4v) is 5.87. The molecule has 1 aliphatic carbocycles. The van der Waals surface area contributed by atoms with Crippen molar-refractivity contribution in [2.75, 3.05) is 13.2 Å². The van der Waals surface area contributed by atoms with Crippen molar-refractivity contribution in [1.82, 2.24) is 14.5 Å². The van der Waals surface area contributed by atoms with Crippen LogP contribution in [0.25, 0.3) is 11.0 Å². The van der Waals surface area contributed by atoms with Crippen molar-refractivity contribution in [2.24, 2.45) is 10.9 Å². The van der Waals surface area contributed by atoms with E-state index in [2.05, 4.69) is 16.0 Å². The SMILES string of the molecule is CC(=O)N1CC2CC(c3ccc4c(c3)[nH]/c(=N\C(=O)c3cccc(C(F)(F)F)c3)n4CCCO)CC1C2. The monoisotopic (exact) mass is 514 g/mol. The molecule has 37 heavy (non-hydrogen) atoms. The molecule has 5 rings (SSSR count). The van der Waals surface area contributed by atoms with Gasteiger partial charge >= 0.3 is 6.18 Å². The number of likely N-dealkylation sites (tertiary alicyclic amines) is 1. The van der Waals surface area contributed by atoms with Gasteiger partial charge in [0.05, 0.1) is 16.6 Å². The number of imidazole rings is 1. The minimum atomic E-state index is -4.56. The van der Waals surface area contributed by atoms with Crippen LogP contribution in [0.5, 0.6) is 0 Å². The molecule has 7 nitrogen and oxygen atoms in total. The molecular weight excluding hydrogens is 485 g/mol. The summed E-state index contributed by atoms with van der Waals surface area (Å²) in [4.78, 5) is 34.1. The first-order valence-corrected chi connectivity index (χ1v) is 12.5. The number of hydrogen-bond acceptors (Lipinski definition) is 3. The van der Waals surface area contributed by atoms with Crippen LogP contribution >= 0.6 is 0 Å². The number of benzene rings is 2. The molecule has 2 N–H and O–H groups in total. The highest BCUT2D eigenvalue weighted by atomic mass is 19.4. The normalized spacial score (nSPS) is 22.1. The number of fused-ring (bicyclic) bond motifs is 3. The van der Waals surface area contributed by atoms with Gasteiger partial charge in [-0.2, -0.15) is 18.2 Å². The maximum absolute atomic E-state index is 13.1. The molecule has 0 radical (unpaired) electrons. The van der Waals surface area contributed by atoms with E-state index in [-0.39, 0.29) is 29.7 Å². The molecule has 1 aromatic heterocycles. The van der Waals surface area contributed by atoms with Gasteiger partial charge in [0.1, 0.15) is 0 Å². The number of H-pyrrole nitrogens is 1. The van der Waals surface area contributed by atoms with Gasteiger partial charge in [-0.25, -0.2) is 0 Å². The van der Waals surface area contributed by atoms with Crippen LogP contribution in [-0.4, -0.2) is 50.6 Å². The van der Waals surface area contributed by atoms with Gasteiger partial charge in [0.25, 0.3) is 5.91 Å². The Morgan fingerprint density at radius 3 is 2.68 bits per heavy atom. The molecule has 2 amide bonds. The summed E-state index contributed by atoms with van der Waals surface area (Å²) in [5.74, 6) is 0.120. The zero-order valence-corrected chi connectivity index (χ0v) is 20.5. The smallest absolute Gasteiger partial charge is 0.396 e. The van der Waals surface area contributed by atoms with E-state index < -0.39 is 17.6 Å². The van der Waals surface area contributed by atoms with Gasteiger partial charge in [0.2, 0.25) is 11.5 Å². The van der Waals surface area contributed by atoms with Crippen LogP contribution in [0, 0.1) is 5.92 Å². The number of nitrogens with one attached hydrogen (secondary N) is 1. The largest absolute Gasteiger partial charge is 0.416 e. The summed E-state index contributed by atoms with van der Waals surface area (Å²) in [6.45, 7) is 2.75. The van der Waals surface area contributed by atoms with Gasteiger partial charge in [-0.3, -0.25) is 9.59 Å². The van der Waals surface area contributed by atoms with E-state index in [1.54, 1.807) is 11.5 Å². The lowest BCUT2D eigenvalue weighted by atomic mass is 9.78. The van der Waals surface area contributed by atoms with Gasteiger partial charge in [-0.1, -0.05) is 12.1 Å². The number of aromatic amines is 1. The van der Waals surface area contributed by atoms with Crippen molar-refractivity contribution in [1.29, 1.82) is 0 Å². The summed E-state index contributed by atoms with van der Waals surface area (Å²) >= 11 is 0. The topological polar surface area (TPSA) is 90.7 Å². The van der Waals surface area contributed by atoms with Gasteiger partial charge in [-0.15, -0.1) is 0 Å². The highest BCUT2D eigenvalue weighted by Gasteiger charge is 2.40. The van der Waals surface area contributed by atoms with Crippen LogP contribution < -0.4 is 5.62 Å². The summed E-state index contributed by atoms with van der Waals surface area (Å²) in [6, 6.07) is 10.5. The number of amides is 2. The van der Waals surface area contributed by atoms with E-state index >= 15 is 0 Å². The number of aliphatic hydroxyl groups is 1. The predicted molar refractivity (Wildman–Crippen MR) is 131 cm³/mol. The lowest BCUT2D eigenvalue weighted by Crippen LogP contribution is -2.34. The molecule has 1 saturated heterocycles. The molecule has 3 unspecified atom stereocenters. The molecule has 196 valence electrons. The van der Waals surface area contributed by atoms with Crippen LogP contribution in [-0.2, 0) is 17.5 Å². The summed E-state index contributed by atoms with van der Waals surface area (Å²) in [7, 11) is 0. The van der Waals surface area contributed by atoms with Crippen LogP contribution in [0.4, 0.5) is 13.2 Å². The average Bonchev–Trinajstić information content (AvgIpc) is 3.36. The minimum absolute atomic E-state index is 0.0593. The summed E-state index contributed by atoms with van der Waals surface area (Å²) in [5.41, 5.74) is 1.83. The lowest BCUT2D eigenvalue weighted by Gasteiger charge is -2.29. The first kappa shape index (κ1) is 25.3. The Bertz CT molecular complexity index is 1410. The molecule has 2 fully saturated rings. The number of rotatable bonds is 5. The van der Waals surface area contributed by atoms with Crippen LogP contribution in [0.15, 0.2) is 47.5 Å². The van der Waals surface area contributed by atoms with Crippen molar-refractivity contribution in [3.05, 3.63) is 64.8 Å². The highest BCUT2D eigenvalue weighted by Crippen LogP contribution is 2.43. The molecule has 10 heteroatoms. The molecule has 1 aliphatic heterocycles.